The van der Waals surface area contributed by atoms with E-state index in [1.165, 1.54) is 5.56 Å². The van der Waals surface area contributed by atoms with Crippen LogP contribution in [0.3, 0.4) is 0 Å². The monoisotopic (exact) mass is 298 g/mol. The number of ether oxygens (including phenoxy) is 1. The average molecular weight is 298 g/mol. The van der Waals surface area contributed by atoms with Crippen LogP contribution in [0.15, 0.2) is 48.5 Å². The molecule has 2 aromatic rings. The number of carbonyl (C=O) groups excluding carboxylic acids is 1. The predicted octanol–water partition coefficient (Wildman–Crippen LogP) is 3.70. The molecule has 0 saturated heterocycles. The first-order chi connectivity index (χ1) is 10.6. The summed E-state index contributed by atoms with van der Waals surface area (Å²) in [5.41, 5.74) is 3.31. The summed E-state index contributed by atoms with van der Waals surface area (Å²) in [7, 11) is 0. The number of urea groups is 1. The molecule has 0 heterocycles. The molecule has 2 amide bonds. The summed E-state index contributed by atoms with van der Waals surface area (Å²) < 4.78 is 5.58. The van der Waals surface area contributed by atoms with E-state index in [4.69, 9.17) is 4.74 Å². The van der Waals surface area contributed by atoms with Crippen molar-refractivity contribution in [3.8, 4) is 5.75 Å². The Morgan fingerprint density at radius 1 is 1.14 bits per heavy atom. The van der Waals surface area contributed by atoms with Crippen molar-refractivity contribution in [2.24, 2.45) is 0 Å². The Morgan fingerprint density at radius 3 is 2.55 bits per heavy atom. The number of carbonyl (C=O) groups is 1. The van der Waals surface area contributed by atoms with Crippen LogP contribution in [0.4, 0.5) is 4.79 Å². The highest BCUT2D eigenvalue weighted by molar-refractivity contribution is 5.74. The van der Waals surface area contributed by atoms with Crippen LogP contribution in [-0.2, 0) is 0 Å². The second-order valence-electron chi connectivity index (χ2n) is 5.34. The van der Waals surface area contributed by atoms with E-state index in [0.29, 0.717) is 0 Å². The highest BCUT2D eigenvalue weighted by Crippen LogP contribution is 2.18. The average Bonchev–Trinajstić information content (AvgIpc) is 2.50. The van der Waals surface area contributed by atoms with Gasteiger partial charge < -0.3 is 15.4 Å². The van der Waals surface area contributed by atoms with E-state index in [0.717, 1.165) is 16.9 Å². The van der Waals surface area contributed by atoms with Gasteiger partial charge in [0, 0.05) is 0 Å². The van der Waals surface area contributed by atoms with Gasteiger partial charge in [0.15, 0.2) is 6.73 Å². The summed E-state index contributed by atoms with van der Waals surface area (Å²) in [6.45, 7) is 6.10. The Balaban J connectivity index is 1.78. The van der Waals surface area contributed by atoms with E-state index in [2.05, 4.69) is 10.6 Å². The molecule has 4 heteroatoms. The van der Waals surface area contributed by atoms with Crippen LogP contribution in [-0.4, -0.2) is 12.8 Å². The lowest BCUT2D eigenvalue weighted by Crippen LogP contribution is -2.39. The van der Waals surface area contributed by atoms with Gasteiger partial charge in [-0.15, -0.1) is 0 Å². The lowest BCUT2D eigenvalue weighted by atomic mass is 10.1. The van der Waals surface area contributed by atoms with E-state index >= 15 is 0 Å². The van der Waals surface area contributed by atoms with Crippen LogP contribution in [0.1, 0.15) is 29.7 Å². The lowest BCUT2D eigenvalue weighted by Gasteiger charge is -2.16. The topological polar surface area (TPSA) is 50.4 Å². The van der Waals surface area contributed by atoms with Gasteiger partial charge in [-0.25, -0.2) is 4.79 Å². The Bertz CT molecular complexity index is 626. The Hall–Kier alpha value is -2.49. The van der Waals surface area contributed by atoms with E-state index in [-0.39, 0.29) is 18.8 Å². The predicted molar refractivity (Wildman–Crippen MR) is 87.9 cm³/mol. The van der Waals surface area contributed by atoms with Crippen LogP contribution in [0.2, 0.25) is 0 Å². The standard InChI is InChI=1S/C18H22N2O2/c1-13-9-10-17(14(2)11-13)22-12-19-18(21)20-15(3)16-7-5-4-6-8-16/h4-11,15H,12H2,1-3H3,(H2,19,20,21). The van der Waals surface area contributed by atoms with Crippen molar-refractivity contribution < 1.29 is 9.53 Å². The molecule has 0 radical (unpaired) electrons. The first-order valence-electron chi connectivity index (χ1n) is 7.35. The van der Waals surface area contributed by atoms with Gasteiger partial charge in [-0.3, -0.25) is 0 Å². The van der Waals surface area contributed by atoms with Crippen molar-refractivity contribution in [1.29, 1.82) is 0 Å². The fraction of sp³-hybridized carbons (Fsp3) is 0.278. The molecule has 0 fully saturated rings. The van der Waals surface area contributed by atoms with Crippen molar-refractivity contribution in [2.75, 3.05) is 6.73 Å². The largest absolute Gasteiger partial charge is 0.473 e. The quantitative estimate of drug-likeness (QED) is 0.827. The van der Waals surface area contributed by atoms with Gasteiger partial charge in [0.05, 0.1) is 6.04 Å². The van der Waals surface area contributed by atoms with Crippen LogP contribution in [0.5, 0.6) is 5.75 Å². The van der Waals surface area contributed by atoms with Crippen molar-refractivity contribution >= 4 is 6.03 Å². The van der Waals surface area contributed by atoms with Crippen molar-refractivity contribution in [2.45, 2.75) is 26.8 Å². The molecule has 1 unspecified atom stereocenters. The number of aryl methyl sites for hydroxylation is 2. The van der Waals surface area contributed by atoms with E-state index in [9.17, 15) is 4.79 Å². The van der Waals surface area contributed by atoms with Crippen molar-refractivity contribution in [3.05, 3.63) is 65.2 Å². The summed E-state index contributed by atoms with van der Waals surface area (Å²) in [6.07, 6.45) is 0. The van der Waals surface area contributed by atoms with Crippen LogP contribution >= 0.6 is 0 Å². The zero-order chi connectivity index (χ0) is 15.9. The number of nitrogens with one attached hydrogen (secondary N) is 2. The molecule has 0 bridgehead atoms. The molecule has 2 rings (SSSR count). The zero-order valence-corrected chi connectivity index (χ0v) is 13.2. The molecule has 22 heavy (non-hydrogen) atoms. The van der Waals surface area contributed by atoms with Crippen LogP contribution in [0.25, 0.3) is 0 Å². The molecule has 2 aromatic carbocycles. The van der Waals surface area contributed by atoms with Gasteiger partial charge in [0.25, 0.3) is 0 Å². The molecule has 4 nitrogen and oxygen atoms in total. The van der Waals surface area contributed by atoms with Gasteiger partial charge in [-0.2, -0.15) is 0 Å². The minimum Gasteiger partial charge on any atom is -0.473 e. The second-order valence-corrected chi connectivity index (χ2v) is 5.34. The highest BCUT2D eigenvalue weighted by atomic mass is 16.5. The van der Waals surface area contributed by atoms with Gasteiger partial charge in [-0.1, -0.05) is 48.0 Å². The van der Waals surface area contributed by atoms with Gasteiger partial charge in [-0.05, 0) is 38.0 Å². The fourth-order valence-corrected chi connectivity index (χ4v) is 2.21. The zero-order valence-electron chi connectivity index (χ0n) is 13.2. The molecular formula is C18H22N2O2. The maximum atomic E-state index is 11.9. The van der Waals surface area contributed by atoms with Crippen molar-refractivity contribution in [3.63, 3.8) is 0 Å². The molecule has 0 aliphatic carbocycles. The SMILES string of the molecule is Cc1ccc(OCNC(=O)NC(C)c2ccccc2)c(C)c1. The first kappa shape index (κ1) is 15.9. The maximum Gasteiger partial charge on any atom is 0.317 e. The molecule has 0 aliphatic rings. The summed E-state index contributed by atoms with van der Waals surface area (Å²) in [6, 6.07) is 15.5. The number of amides is 2. The normalized spacial score (nSPS) is 11.6. The van der Waals surface area contributed by atoms with Crippen LogP contribution < -0.4 is 15.4 Å². The number of benzene rings is 2. The maximum absolute atomic E-state index is 11.9. The first-order valence-corrected chi connectivity index (χ1v) is 7.35. The molecule has 0 aromatic heterocycles. The third kappa shape index (κ3) is 4.52. The molecule has 1 atom stereocenters. The van der Waals surface area contributed by atoms with Crippen LogP contribution in [0, 0.1) is 13.8 Å². The number of hydrogen-bond donors (Lipinski definition) is 2. The van der Waals surface area contributed by atoms with E-state index < -0.39 is 0 Å². The van der Waals surface area contributed by atoms with E-state index in [1.807, 2.05) is 69.3 Å². The third-order valence-corrected chi connectivity index (χ3v) is 3.44. The molecular weight excluding hydrogens is 276 g/mol. The van der Waals surface area contributed by atoms with Gasteiger partial charge in [0.1, 0.15) is 5.75 Å². The molecule has 116 valence electrons. The Labute approximate surface area is 131 Å². The minimum absolute atomic E-state index is 0.0534. The van der Waals surface area contributed by atoms with Gasteiger partial charge in [0.2, 0.25) is 0 Å². The Morgan fingerprint density at radius 2 is 1.86 bits per heavy atom. The summed E-state index contributed by atoms with van der Waals surface area (Å²) >= 11 is 0. The summed E-state index contributed by atoms with van der Waals surface area (Å²) in [5, 5.41) is 5.58. The van der Waals surface area contributed by atoms with E-state index in [1.54, 1.807) is 0 Å². The van der Waals surface area contributed by atoms with Gasteiger partial charge >= 0.3 is 6.03 Å². The lowest BCUT2D eigenvalue weighted by molar-refractivity contribution is 0.221. The number of rotatable bonds is 5. The minimum atomic E-state index is -0.249. The summed E-state index contributed by atoms with van der Waals surface area (Å²) in [4.78, 5) is 11.9. The highest BCUT2D eigenvalue weighted by Gasteiger charge is 2.08. The fourth-order valence-electron chi connectivity index (χ4n) is 2.21. The third-order valence-electron chi connectivity index (χ3n) is 3.44. The molecule has 0 spiro atoms. The van der Waals surface area contributed by atoms with Crippen molar-refractivity contribution in [1.82, 2.24) is 10.6 Å². The molecule has 0 aliphatic heterocycles. The smallest absolute Gasteiger partial charge is 0.317 e. The number of hydrogen-bond acceptors (Lipinski definition) is 2. The Kier molecular flexibility index (Phi) is 5.42. The molecule has 0 saturated carbocycles. The summed E-state index contributed by atoms with van der Waals surface area (Å²) in [5.74, 6) is 0.780. The second kappa shape index (κ2) is 7.50. The molecule has 2 N–H and O–H groups in total.